The molecule has 120 valence electrons. The van der Waals surface area contributed by atoms with Gasteiger partial charge in [-0.1, -0.05) is 19.9 Å². The van der Waals surface area contributed by atoms with Gasteiger partial charge in [-0.15, -0.1) is 0 Å². The standard InChI is InChI=1S/C18H20N2O3/c1-12(2)18(21)20-15-6-4-14(5-7-15)19-10-13-3-8-16-17(9-13)23-11-22-16/h3-9,12,19H,10-11H2,1-2H3,(H,20,21). The van der Waals surface area contributed by atoms with Crippen molar-refractivity contribution >= 4 is 17.3 Å². The van der Waals surface area contributed by atoms with E-state index in [1.165, 1.54) is 0 Å². The predicted molar refractivity (Wildman–Crippen MR) is 89.8 cm³/mol. The summed E-state index contributed by atoms with van der Waals surface area (Å²) >= 11 is 0. The van der Waals surface area contributed by atoms with Crippen LogP contribution in [-0.4, -0.2) is 12.7 Å². The molecule has 0 saturated heterocycles. The van der Waals surface area contributed by atoms with E-state index < -0.39 is 0 Å². The highest BCUT2D eigenvalue weighted by Gasteiger charge is 2.13. The molecule has 0 bridgehead atoms. The molecule has 1 amide bonds. The lowest BCUT2D eigenvalue weighted by molar-refractivity contribution is -0.118. The van der Waals surface area contributed by atoms with Crippen molar-refractivity contribution in [1.29, 1.82) is 0 Å². The van der Waals surface area contributed by atoms with Crippen LogP contribution in [-0.2, 0) is 11.3 Å². The van der Waals surface area contributed by atoms with Gasteiger partial charge in [0.15, 0.2) is 11.5 Å². The van der Waals surface area contributed by atoms with E-state index in [9.17, 15) is 4.79 Å². The Bertz CT molecular complexity index is 696. The zero-order valence-electron chi connectivity index (χ0n) is 13.3. The van der Waals surface area contributed by atoms with Crippen molar-refractivity contribution in [3.05, 3.63) is 48.0 Å². The first-order valence-electron chi connectivity index (χ1n) is 7.65. The quantitative estimate of drug-likeness (QED) is 0.885. The Morgan fingerprint density at radius 1 is 1.04 bits per heavy atom. The first-order valence-corrected chi connectivity index (χ1v) is 7.65. The van der Waals surface area contributed by atoms with Crippen molar-refractivity contribution in [3.63, 3.8) is 0 Å². The second-order valence-corrected chi connectivity index (χ2v) is 5.76. The number of rotatable bonds is 5. The number of carbonyl (C=O) groups excluding carboxylic acids is 1. The second kappa shape index (κ2) is 6.60. The molecule has 0 atom stereocenters. The summed E-state index contributed by atoms with van der Waals surface area (Å²) in [6.07, 6.45) is 0. The van der Waals surface area contributed by atoms with Gasteiger partial charge in [0, 0.05) is 23.8 Å². The number of amides is 1. The zero-order chi connectivity index (χ0) is 16.2. The molecule has 0 aromatic heterocycles. The Labute approximate surface area is 135 Å². The zero-order valence-corrected chi connectivity index (χ0v) is 13.3. The minimum absolute atomic E-state index is 0.0195. The maximum Gasteiger partial charge on any atom is 0.231 e. The van der Waals surface area contributed by atoms with Crippen LogP contribution in [0.1, 0.15) is 19.4 Å². The molecule has 2 aromatic rings. The summed E-state index contributed by atoms with van der Waals surface area (Å²) in [7, 11) is 0. The van der Waals surface area contributed by atoms with Gasteiger partial charge in [-0.05, 0) is 42.0 Å². The van der Waals surface area contributed by atoms with Gasteiger partial charge in [0.05, 0.1) is 0 Å². The lowest BCUT2D eigenvalue weighted by Crippen LogP contribution is -2.17. The van der Waals surface area contributed by atoms with E-state index in [4.69, 9.17) is 9.47 Å². The average Bonchev–Trinajstić information content (AvgIpc) is 3.01. The van der Waals surface area contributed by atoms with Crippen LogP contribution in [0.25, 0.3) is 0 Å². The number of anilines is 2. The summed E-state index contributed by atoms with van der Waals surface area (Å²) in [4.78, 5) is 11.7. The first kappa shape index (κ1) is 15.2. The Morgan fingerprint density at radius 3 is 2.48 bits per heavy atom. The van der Waals surface area contributed by atoms with Crippen LogP contribution in [0.5, 0.6) is 11.5 Å². The predicted octanol–water partition coefficient (Wildman–Crippen LogP) is 3.62. The number of fused-ring (bicyclic) bond motifs is 1. The van der Waals surface area contributed by atoms with Crippen molar-refractivity contribution in [2.45, 2.75) is 20.4 Å². The molecule has 3 rings (SSSR count). The maximum absolute atomic E-state index is 11.7. The molecular weight excluding hydrogens is 292 g/mol. The summed E-state index contributed by atoms with van der Waals surface area (Å²) in [5.74, 6) is 1.57. The molecule has 0 unspecified atom stereocenters. The highest BCUT2D eigenvalue weighted by Crippen LogP contribution is 2.32. The Hall–Kier alpha value is -2.69. The van der Waals surface area contributed by atoms with Crippen LogP contribution in [0, 0.1) is 5.92 Å². The van der Waals surface area contributed by atoms with Crippen LogP contribution >= 0.6 is 0 Å². The normalized spacial score (nSPS) is 12.3. The molecule has 1 aliphatic rings. The molecule has 23 heavy (non-hydrogen) atoms. The number of benzene rings is 2. The largest absolute Gasteiger partial charge is 0.454 e. The summed E-state index contributed by atoms with van der Waals surface area (Å²) in [5.41, 5.74) is 2.91. The van der Waals surface area contributed by atoms with Gasteiger partial charge in [-0.25, -0.2) is 0 Å². The second-order valence-electron chi connectivity index (χ2n) is 5.76. The van der Waals surface area contributed by atoms with Gasteiger partial charge < -0.3 is 20.1 Å². The van der Waals surface area contributed by atoms with Crippen molar-refractivity contribution in [3.8, 4) is 11.5 Å². The lowest BCUT2D eigenvalue weighted by Gasteiger charge is -2.10. The van der Waals surface area contributed by atoms with E-state index in [0.717, 1.165) is 28.4 Å². The third-order valence-electron chi connectivity index (χ3n) is 3.61. The summed E-state index contributed by atoms with van der Waals surface area (Å²) < 4.78 is 10.7. The van der Waals surface area contributed by atoms with E-state index in [0.29, 0.717) is 6.54 Å². The number of ether oxygens (including phenoxy) is 2. The van der Waals surface area contributed by atoms with Crippen LogP contribution in [0.2, 0.25) is 0 Å². The Kier molecular flexibility index (Phi) is 4.37. The third-order valence-corrected chi connectivity index (χ3v) is 3.61. The number of carbonyl (C=O) groups is 1. The minimum Gasteiger partial charge on any atom is -0.454 e. The van der Waals surface area contributed by atoms with Crippen LogP contribution in [0.3, 0.4) is 0 Å². The number of nitrogens with one attached hydrogen (secondary N) is 2. The molecule has 5 nitrogen and oxygen atoms in total. The van der Waals surface area contributed by atoms with Crippen molar-refractivity contribution in [2.75, 3.05) is 17.4 Å². The topological polar surface area (TPSA) is 59.6 Å². The van der Waals surface area contributed by atoms with E-state index in [-0.39, 0.29) is 18.6 Å². The molecule has 2 aromatic carbocycles. The Morgan fingerprint density at radius 2 is 1.74 bits per heavy atom. The van der Waals surface area contributed by atoms with E-state index in [1.54, 1.807) is 0 Å². The monoisotopic (exact) mass is 312 g/mol. The highest BCUT2D eigenvalue weighted by atomic mass is 16.7. The van der Waals surface area contributed by atoms with Gasteiger partial charge >= 0.3 is 0 Å². The summed E-state index contributed by atoms with van der Waals surface area (Å²) in [5, 5.41) is 6.22. The van der Waals surface area contributed by atoms with Gasteiger partial charge in [0.1, 0.15) is 0 Å². The first-order chi connectivity index (χ1) is 11.1. The molecule has 2 N–H and O–H groups in total. The molecule has 0 radical (unpaired) electrons. The molecule has 0 saturated carbocycles. The molecule has 0 fully saturated rings. The molecular formula is C18H20N2O3. The van der Waals surface area contributed by atoms with Crippen molar-refractivity contribution in [2.24, 2.45) is 5.92 Å². The van der Waals surface area contributed by atoms with Gasteiger partial charge in [0.25, 0.3) is 0 Å². The minimum atomic E-state index is -0.0289. The Balaban J connectivity index is 1.57. The van der Waals surface area contributed by atoms with Crippen LogP contribution in [0.4, 0.5) is 11.4 Å². The fourth-order valence-electron chi connectivity index (χ4n) is 2.21. The molecule has 5 heteroatoms. The van der Waals surface area contributed by atoms with Gasteiger partial charge in [-0.3, -0.25) is 4.79 Å². The summed E-state index contributed by atoms with van der Waals surface area (Å²) in [6, 6.07) is 13.6. The smallest absolute Gasteiger partial charge is 0.231 e. The fourth-order valence-corrected chi connectivity index (χ4v) is 2.21. The fraction of sp³-hybridized carbons (Fsp3) is 0.278. The lowest BCUT2D eigenvalue weighted by atomic mass is 10.2. The molecule has 0 aliphatic carbocycles. The maximum atomic E-state index is 11.7. The SMILES string of the molecule is CC(C)C(=O)Nc1ccc(NCc2ccc3c(c2)OCO3)cc1. The van der Waals surface area contributed by atoms with E-state index in [1.807, 2.05) is 56.3 Å². The van der Waals surface area contributed by atoms with Crippen molar-refractivity contribution < 1.29 is 14.3 Å². The van der Waals surface area contributed by atoms with Gasteiger partial charge in [-0.2, -0.15) is 0 Å². The van der Waals surface area contributed by atoms with E-state index >= 15 is 0 Å². The third kappa shape index (κ3) is 3.74. The molecule has 1 heterocycles. The van der Waals surface area contributed by atoms with Crippen LogP contribution in [0.15, 0.2) is 42.5 Å². The average molecular weight is 312 g/mol. The van der Waals surface area contributed by atoms with Gasteiger partial charge in [0.2, 0.25) is 12.7 Å². The molecule has 0 spiro atoms. The van der Waals surface area contributed by atoms with Crippen molar-refractivity contribution in [1.82, 2.24) is 0 Å². The number of hydrogen-bond acceptors (Lipinski definition) is 4. The van der Waals surface area contributed by atoms with Crippen LogP contribution < -0.4 is 20.1 Å². The molecule has 1 aliphatic heterocycles. The number of hydrogen-bond donors (Lipinski definition) is 2. The highest BCUT2D eigenvalue weighted by molar-refractivity contribution is 5.92. The van der Waals surface area contributed by atoms with E-state index in [2.05, 4.69) is 10.6 Å². The summed E-state index contributed by atoms with van der Waals surface area (Å²) in [6.45, 7) is 4.72.